The highest BCUT2D eigenvalue weighted by Crippen LogP contribution is 2.47. The number of likely N-dealkylation sites (tertiary alicyclic amines) is 1. The Hall–Kier alpha value is -2.58. The van der Waals surface area contributed by atoms with E-state index in [9.17, 15) is 19.2 Å². The van der Waals surface area contributed by atoms with Gasteiger partial charge in [0.1, 0.15) is 6.04 Å². The number of nitrogens with zero attached hydrogens (tertiary/aromatic N) is 2. The number of amides is 4. The minimum Gasteiger partial charge on any atom is -0.326 e. The van der Waals surface area contributed by atoms with E-state index in [0.29, 0.717) is 17.7 Å². The van der Waals surface area contributed by atoms with E-state index >= 15 is 0 Å². The number of benzene rings is 1. The Kier molecular flexibility index (Phi) is 4.11. The average molecular weight is 396 g/mol. The number of hydrogen-bond acceptors (Lipinski definition) is 6. The molecule has 5 rings (SSSR count). The molecular formula is C21H24N4O4. The lowest BCUT2D eigenvalue weighted by atomic mass is 9.66. The Morgan fingerprint density at radius 1 is 1.14 bits per heavy atom. The fraction of sp³-hybridized carbons (Fsp3) is 0.524. The van der Waals surface area contributed by atoms with Crippen LogP contribution in [0.2, 0.25) is 0 Å². The molecule has 3 heterocycles. The summed E-state index contributed by atoms with van der Waals surface area (Å²) in [5, 5.41) is 2.23. The van der Waals surface area contributed by atoms with Crippen molar-refractivity contribution in [2.45, 2.75) is 50.7 Å². The molecule has 1 aromatic carbocycles. The molecule has 0 bridgehead atoms. The number of imide groups is 2. The molecule has 8 nitrogen and oxygen atoms in total. The van der Waals surface area contributed by atoms with E-state index in [-0.39, 0.29) is 30.2 Å². The van der Waals surface area contributed by atoms with Crippen LogP contribution in [0.15, 0.2) is 18.2 Å². The highest BCUT2D eigenvalue weighted by Gasteiger charge is 2.49. The molecule has 1 saturated carbocycles. The molecular weight excluding hydrogens is 372 g/mol. The first-order chi connectivity index (χ1) is 13.9. The van der Waals surface area contributed by atoms with E-state index < -0.39 is 23.8 Å². The van der Waals surface area contributed by atoms with Crippen molar-refractivity contribution in [1.82, 2.24) is 15.1 Å². The van der Waals surface area contributed by atoms with Crippen molar-refractivity contribution in [1.29, 1.82) is 0 Å². The van der Waals surface area contributed by atoms with Gasteiger partial charge < -0.3 is 5.73 Å². The van der Waals surface area contributed by atoms with Crippen LogP contribution in [0.1, 0.15) is 58.4 Å². The number of hydrogen-bond donors (Lipinski definition) is 2. The van der Waals surface area contributed by atoms with Crippen molar-refractivity contribution < 1.29 is 19.2 Å². The summed E-state index contributed by atoms with van der Waals surface area (Å²) in [6.07, 6.45) is 3.80. The second kappa shape index (κ2) is 6.47. The lowest BCUT2D eigenvalue weighted by Crippen LogP contribution is -2.54. The van der Waals surface area contributed by atoms with Gasteiger partial charge in [-0.15, -0.1) is 0 Å². The third-order valence-corrected chi connectivity index (χ3v) is 7.08. The summed E-state index contributed by atoms with van der Waals surface area (Å²) in [4.78, 5) is 53.1. The third kappa shape index (κ3) is 2.73. The van der Waals surface area contributed by atoms with Crippen molar-refractivity contribution in [2.75, 3.05) is 13.1 Å². The third-order valence-electron chi connectivity index (χ3n) is 7.08. The number of nitrogens with two attached hydrogens (primary N) is 1. The van der Waals surface area contributed by atoms with Gasteiger partial charge in [0, 0.05) is 32.1 Å². The Labute approximate surface area is 168 Å². The Balaban J connectivity index is 1.41. The van der Waals surface area contributed by atoms with Crippen molar-refractivity contribution in [3.05, 3.63) is 34.9 Å². The molecule has 3 fully saturated rings. The van der Waals surface area contributed by atoms with Gasteiger partial charge in [-0.05, 0) is 36.3 Å². The summed E-state index contributed by atoms with van der Waals surface area (Å²) in [5.41, 5.74) is 8.09. The molecule has 4 amide bonds. The molecule has 2 atom stereocenters. The first kappa shape index (κ1) is 18.4. The van der Waals surface area contributed by atoms with Gasteiger partial charge in [0.25, 0.3) is 11.8 Å². The van der Waals surface area contributed by atoms with Crippen LogP contribution in [-0.4, -0.2) is 58.6 Å². The summed E-state index contributed by atoms with van der Waals surface area (Å²) in [6.45, 7) is 2.25. The van der Waals surface area contributed by atoms with Gasteiger partial charge in [-0.3, -0.25) is 34.3 Å². The molecule has 2 unspecified atom stereocenters. The monoisotopic (exact) mass is 396 g/mol. The zero-order valence-electron chi connectivity index (χ0n) is 16.1. The van der Waals surface area contributed by atoms with Gasteiger partial charge >= 0.3 is 0 Å². The Bertz CT molecular complexity index is 939. The van der Waals surface area contributed by atoms with Gasteiger partial charge in [0.2, 0.25) is 11.8 Å². The summed E-state index contributed by atoms with van der Waals surface area (Å²) in [7, 11) is 0. The van der Waals surface area contributed by atoms with Crippen LogP contribution >= 0.6 is 0 Å². The molecule has 3 aliphatic heterocycles. The first-order valence-electron chi connectivity index (χ1n) is 10.2. The van der Waals surface area contributed by atoms with E-state index in [2.05, 4.69) is 10.2 Å². The number of carbonyl (C=O) groups excluding carboxylic acids is 4. The van der Waals surface area contributed by atoms with Crippen LogP contribution < -0.4 is 11.1 Å². The van der Waals surface area contributed by atoms with E-state index in [1.54, 1.807) is 12.1 Å². The zero-order valence-corrected chi connectivity index (χ0v) is 16.1. The number of piperidine rings is 1. The van der Waals surface area contributed by atoms with Crippen LogP contribution in [0.4, 0.5) is 0 Å². The molecule has 152 valence electrons. The van der Waals surface area contributed by atoms with Gasteiger partial charge in [0.05, 0.1) is 11.1 Å². The van der Waals surface area contributed by atoms with E-state index in [4.69, 9.17) is 5.73 Å². The van der Waals surface area contributed by atoms with Crippen LogP contribution in [0.5, 0.6) is 0 Å². The smallest absolute Gasteiger partial charge is 0.262 e. The molecule has 1 spiro atoms. The summed E-state index contributed by atoms with van der Waals surface area (Å²) in [6, 6.07) is 4.49. The lowest BCUT2D eigenvalue weighted by Gasteiger charge is -2.41. The highest BCUT2D eigenvalue weighted by atomic mass is 16.2. The van der Waals surface area contributed by atoms with Crippen LogP contribution in [-0.2, 0) is 16.1 Å². The minimum atomic E-state index is -0.939. The van der Waals surface area contributed by atoms with Gasteiger partial charge in [-0.2, -0.15) is 0 Å². The standard InChI is InChI=1S/C21H24N4O4/c22-15-10-24(11-21(15)7-2-8-21)9-12-3-1-4-13-17(12)20(29)25(19(13)28)14-5-6-16(26)23-18(14)27/h1,3-4,14-15H,2,5-11,22H2,(H,23,26,27). The number of nitrogens with one attached hydrogen (secondary N) is 1. The second-order valence-electron chi connectivity index (χ2n) is 8.78. The maximum Gasteiger partial charge on any atom is 0.262 e. The van der Waals surface area contributed by atoms with Gasteiger partial charge in [-0.25, -0.2) is 0 Å². The average Bonchev–Trinajstić information content (AvgIpc) is 3.11. The molecule has 3 N–H and O–H groups in total. The Morgan fingerprint density at radius 2 is 1.93 bits per heavy atom. The molecule has 0 radical (unpaired) electrons. The number of carbonyl (C=O) groups is 4. The predicted molar refractivity (Wildman–Crippen MR) is 103 cm³/mol. The predicted octanol–water partition coefficient (Wildman–Crippen LogP) is 0.401. The van der Waals surface area contributed by atoms with Crippen molar-refractivity contribution in [2.24, 2.45) is 11.1 Å². The Morgan fingerprint density at radius 3 is 2.59 bits per heavy atom. The van der Waals surface area contributed by atoms with Gasteiger partial charge in [0.15, 0.2) is 0 Å². The fourth-order valence-corrected chi connectivity index (χ4v) is 5.34. The number of rotatable bonds is 3. The molecule has 4 aliphatic rings. The van der Waals surface area contributed by atoms with Crippen molar-refractivity contribution in [3.63, 3.8) is 0 Å². The quantitative estimate of drug-likeness (QED) is 0.715. The topological polar surface area (TPSA) is 113 Å². The van der Waals surface area contributed by atoms with Crippen LogP contribution in [0.25, 0.3) is 0 Å². The summed E-state index contributed by atoms with van der Waals surface area (Å²) >= 11 is 0. The number of fused-ring (bicyclic) bond motifs is 1. The highest BCUT2D eigenvalue weighted by molar-refractivity contribution is 6.24. The molecule has 2 saturated heterocycles. The van der Waals surface area contributed by atoms with E-state index in [1.807, 2.05) is 6.07 Å². The minimum absolute atomic E-state index is 0.115. The fourth-order valence-electron chi connectivity index (χ4n) is 5.34. The molecule has 0 aromatic heterocycles. The summed E-state index contributed by atoms with van der Waals surface area (Å²) in [5.74, 6) is -1.87. The lowest BCUT2D eigenvalue weighted by molar-refractivity contribution is -0.136. The van der Waals surface area contributed by atoms with Crippen LogP contribution in [0, 0.1) is 5.41 Å². The maximum atomic E-state index is 13.2. The largest absolute Gasteiger partial charge is 0.326 e. The summed E-state index contributed by atoms with van der Waals surface area (Å²) < 4.78 is 0. The second-order valence-corrected chi connectivity index (χ2v) is 8.78. The normalized spacial score (nSPS) is 28.7. The molecule has 1 aliphatic carbocycles. The maximum absolute atomic E-state index is 13.2. The van der Waals surface area contributed by atoms with Crippen molar-refractivity contribution >= 4 is 23.6 Å². The van der Waals surface area contributed by atoms with E-state index in [0.717, 1.165) is 36.4 Å². The van der Waals surface area contributed by atoms with Gasteiger partial charge in [-0.1, -0.05) is 18.6 Å². The molecule has 8 heteroatoms. The first-order valence-corrected chi connectivity index (χ1v) is 10.2. The SMILES string of the molecule is NC1CN(Cc2cccc3c2C(=O)N(C2CCC(=O)NC2=O)C3=O)CC12CCC2. The van der Waals surface area contributed by atoms with Crippen LogP contribution in [0.3, 0.4) is 0 Å². The van der Waals surface area contributed by atoms with E-state index in [1.165, 1.54) is 6.42 Å². The zero-order chi connectivity index (χ0) is 20.3. The molecule has 29 heavy (non-hydrogen) atoms. The van der Waals surface area contributed by atoms with Crippen molar-refractivity contribution in [3.8, 4) is 0 Å². The molecule has 1 aromatic rings.